The molecule has 0 radical (unpaired) electrons. The van der Waals surface area contributed by atoms with Crippen molar-refractivity contribution in [2.45, 2.75) is 19.8 Å². The van der Waals surface area contributed by atoms with Gasteiger partial charge < -0.3 is 10.1 Å². The summed E-state index contributed by atoms with van der Waals surface area (Å²) >= 11 is 0. The first-order valence-corrected chi connectivity index (χ1v) is 8.66. The highest BCUT2D eigenvalue weighted by Crippen LogP contribution is 2.21. The van der Waals surface area contributed by atoms with Crippen LogP contribution in [0.2, 0.25) is 0 Å². The first kappa shape index (κ1) is 18.6. The van der Waals surface area contributed by atoms with E-state index in [1.165, 1.54) is 17.1 Å². The third-order valence-corrected chi connectivity index (χ3v) is 3.99. The van der Waals surface area contributed by atoms with Gasteiger partial charge in [0.25, 0.3) is 5.91 Å². The summed E-state index contributed by atoms with van der Waals surface area (Å²) in [6.07, 6.45) is 0.512. The third-order valence-electron chi connectivity index (χ3n) is 3.99. The summed E-state index contributed by atoms with van der Waals surface area (Å²) in [6.45, 7) is 2.36. The second kappa shape index (κ2) is 8.44. The predicted octanol–water partition coefficient (Wildman–Crippen LogP) is 2.81. The van der Waals surface area contributed by atoms with Crippen LogP contribution < -0.4 is 15.1 Å². The van der Waals surface area contributed by atoms with Crippen LogP contribution in [0.5, 0.6) is 5.75 Å². The highest BCUT2D eigenvalue weighted by Gasteiger charge is 2.25. The Hall–Kier alpha value is -3.22. The molecule has 27 heavy (non-hydrogen) atoms. The molecule has 2 amide bonds. The van der Waals surface area contributed by atoms with E-state index in [9.17, 15) is 14.0 Å². The number of amides is 2. The molecule has 0 aliphatic carbocycles. The summed E-state index contributed by atoms with van der Waals surface area (Å²) < 4.78 is 18.5. The minimum Gasteiger partial charge on any atom is -0.492 e. The molecule has 2 aromatic rings. The Kier molecular flexibility index (Phi) is 5.80. The molecule has 0 bridgehead atoms. The smallest absolute Gasteiger partial charge is 0.267 e. The number of carbonyl (C=O) groups excluding carboxylic acids is 2. The molecule has 0 unspecified atom stereocenters. The zero-order valence-corrected chi connectivity index (χ0v) is 14.9. The number of anilines is 1. The standard InChI is InChI=1S/C20H20FN3O3/c1-14-4-2-6-16(12-14)24-19(25)9-8-18(23-24)20(26)22-10-11-27-17-7-3-5-15(21)13-17/h2-7,12-13H,8-11H2,1H3,(H,22,26). The van der Waals surface area contributed by atoms with Crippen molar-refractivity contribution in [3.05, 3.63) is 59.9 Å². The van der Waals surface area contributed by atoms with Gasteiger partial charge in [0, 0.05) is 18.9 Å². The van der Waals surface area contributed by atoms with Gasteiger partial charge in [-0.05, 0) is 36.8 Å². The molecule has 0 saturated heterocycles. The van der Waals surface area contributed by atoms with Crippen molar-refractivity contribution in [2.75, 3.05) is 18.2 Å². The van der Waals surface area contributed by atoms with Gasteiger partial charge in [-0.15, -0.1) is 0 Å². The van der Waals surface area contributed by atoms with Crippen LogP contribution in [0.4, 0.5) is 10.1 Å². The topological polar surface area (TPSA) is 71.0 Å². The maximum Gasteiger partial charge on any atom is 0.267 e. The summed E-state index contributed by atoms with van der Waals surface area (Å²) in [5.41, 5.74) is 1.93. The number of halogens is 1. The number of carbonyl (C=O) groups is 2. The van der Waals surface area contributed by atoms with Crippen molar-refractivity contribution < 1.29 is 18.7 Å². The fourth-order valence-electron chi connectivity index (χ4n) is 2.67. The number of rotatable bonds is 6. The van der Waals surface area contributed by atoms with Crippen LogP contribution in [0.3, 0.4) is 0 Å². The lowest BCUT2D eigenvalue weighted by Gasteiger charge is -2.23. The molecule has 0 aromatic heterocycles. The van der Waals surface area contributed by atoms with Gasteiger partial charge in [-0.2, -0.15) is 5.10 Å². The van der Waals surface area contributed by atoms with Crippen molar-refractivity contribution in [1.29, 1.82) is 0 Å². The van der Waals surface area contributed by atoms with E-state index in [0.717, 1.165) is 5.56 Å². The third kappa shape index (κ3) is 4.91. The minimum atomic E-state index is -0.381. The van der Waals surface area contributed by atoms with Gasteiger partial charge >= 0.3 is 0 Å². The van der Waals surface area contributed by atoms with Crippen LogP contribution >= 0.6 is 0 Å². The molecular weight excluding hydrogens is 349 g/mol. The average Bonchev–Trinajstić information content (AvgIpc) is 2.65. The molecule has 1 heterocycles. The number of ether oxygens (including phenoxy) is 1. The maximum absolute atomic E-state index is 13.1. The van der Waals surface area contributed by atoms with E-state index < -0.39 is 0 Å². The Bertz CT molecular complexity index is 882. The predicted molar refractivity (Wildman–Crippen MR) is 100 cm³/mol. The Morgan fingerprint density at radius 3 is 2.81 bits per heavy atom. The van der Waals surface area contributed by atoms with E-state index >= 15 is 0 Å². The summed E-state index contributed by atoms with van der Waals surface area (Å²) in [4.78, 5) is 24.5. The molecule has 6 nitrogen and oxygen atoms in total. The van der Waals surface area contributed by atoms with Crippen molar-refractivity contribution >= 4 is 23.2 Å². The average molecular weight is 369 g/mol. The Balaban J connectivity index is 1.57. The molecular formula is C20H20FN3O3. The number of hydrazone groups is 1. The fourth-order valence-corrected chi connectivity index (χ4v) is 2.67. The largest absolute Gasteiger partial charge is 0.492 e. The number of nitrogens with zero attached hydrogens (tertiary/aromatic N) is 2. The van der Waals surface area contributed by atoms with Crippen molar-refractivity contribution in [1.82, 2.24) is 5.32 Å². The Morgan fingerprint density at radius 1 is 1.22 bits per heavy atom. The SMILES string of the molecule is Cc1cccc(N2N=C(C(=O)NCCOc3cccc(F)c3)CCC2=O)c1. The van der Waals surface area contributed by atoms with Crippen LogP contribution in [0.1, 0.15) is 18.4 Å². The van der Waals surface area contributed by atoms with E-state index in [1.807, 2.05) is 25.1 Å². The van der Waals surface area contributed by atoms with E-state index in [1.54, 1.807) is 18.2 Å². The highest BCUT2D eigenvalue weighted by atomic mass is 19.1. The number of hydrogen-bond acceptors (Lipinski definition) is 4. The Labute approximate surface area is 156 Å². The summed E-state index contributed by atoms with van der Waals surface area (Å²) in [5.74, 6) is -0.473. The first-order valence-electron chi connectivity index (χ1n) is 8.66. The second-order valence-electron chi connectivity index (χ2n) is 6.15. The van der Waals surface area contributed by atoms with Gasteiger partial charge in [0.15, 0.2) is 0 Å². The number of hydrogen-bond donors (Lipinski definition) is 1. The fraction of sp³-hybridized carbons (Fsp3) is 0.250. The van der Waals surface area contributed by atoms with E-state index in [0.29, 0.717) is 17.1 Å². The van der Waals surface area contributed by atoms with Crippen LogP contribution in [-0.4, -0.2) is 30.7 Å². The molecule has 7 heteroatoms. The maximum atomic E-state index is 13.1. The molecule has 1 aliphatic heterocycles. The lowest BCUT2D eigenvalue weighted by Crippen LogP contribution is -2.40. The molecule has 0 saturated carbocycles. The van der Waals surface area contributed by atoms with Gasteiger partial charge in [0.1, 0.15) is 23.9 Å². The van der Waals surface area contributed by atoms with Crippen molar-refractivity contribution in [3.63, 3.8) is 0 Å². The first-order chi connectivity index (χ1) is 13.0. The highest BCUT2D eigenvalue weighted by molar-refractivity contribution is 6.40. The van der Waals surface area contributed by atoms with Gasteiger partial charge in [-0.25, -0.2) is 9.40 Å². The molecule has 0 atom stereocenters. The van der Waals surface area contributed by atoms with Crippen LogP contribution in [0.15, 0.2) is 53.6 Å². The van der Waals surface area contributed by atoms with E-state index in [2.05, 4.69) is 10.4 Å². The Morgan fingerprint density at radius 2 is 2.04 bits per heavy atom. The number of benzene rings is 2. The zero-order chi connectivity index (χ0) is 19.2. The summed E-state index contributed by atoms with van der Waals surface area (Å²) in [6, 6.07) is 13.2. The molecule has 2 aromatic carbocycles. The van der Waals surface area contributed by atoms with E-state index in [-0.39, 0.29) is 43.6 Å². The lowest BCUT2D eigenvalue weighted by molar-refractivity contribution is -0.119. The molecule has 0 fully saturated rings. The number of nitrogens with one attached hydrogen (secondary N) is 1. The van der Waals surface area contributed by atoms with Crippen LogP contribution in [-0.2, 0) is 9.59 Å². The molecule has 1 N–H and O–H groups in total. The quantitative estimate of drug-likeness (QED) is 0.796. The van der Waals surface area contributed by atoms with Crippen molar-refractivity contribution in [2.24, 2.45) is 5.10 Å². The molecule has 1 aliphatic rings. The minimum absolute atomic E-state index is 0.147. The lowest BCUT2D eigenvalue weighted by atomic mass is 10.1. The van der Waals surface area contributed by atoms with Crippen LogP contribution in [0.25, 0.3) is 0 Å². The van der Waals surface area contributed by atoms with Crippen LogP contribution in [0, 0.1) is 12.7 Å². The molecule has 140 valence electrons. The van der Waals surface area contributed by atoms with Crippen molar-refractivity contribution in [3.8, 4) is 5.75 Å². The monoisotopic (exact) mass is 369 g/mol. The number of aryl methyl sites for hydroxylation is 1. The summed E-state index contributed by atoms with van der Waals surface area (Å²) in [7, 11) is 0. The molecule has 3 rings (SSSR count). The second-order valence-corrected chi connectivity index (χ2v) is 6.15. The zero-order valence-electron chi connectivity index (χ0n) is 14.9. The van der Waals surface area contributed by atoms with Gasteiger partial charge in [0.2, 0.25) is 5.91 Å². The summed E-state index contributed by atoms with van der Waals surface area (Å²) in [5, 5.41) is 8.20. The van der Waals surface area contributed by atoms with E-state index in [4.69, 9.17) is 4.74 Å². The van der Waals surface area contributed by atoms with Gasteiger partial charge in [-0.3, -0.25) is 9.59 Å². The normalized spacial score (nSPS) is 13.9. The van der Waals surface area contributed by atoms with Gasteiger partial charge in [-0.1, -0.05) is 18.2 Å². The van der Waals surface area contributed by atoms with Gasteiger partial charge in [0.05, 0.1) is 12.2 Å². The molecule has 0 spiro atoms.